The number of aryl methyl sites for hydroxylation is 1. The summed E-state index contributed by atoms with van der Waals surface area (Å²) in [4.78, 5) is 30.1. The second-order valence-electron chi connectivity index (χ2n) is 4.88. The van der Waals surface area contributed by atoms with Crippen molar-refractivity contribution in [2.45, 2.75) is 23.6 Å². The number of nitrogens with zero attached hydrogens (tertiary/aromatic N) is 2. The quantitative estimate of drug-likeness (QED) is 0.818. The normalized spacial score (nSPS) is 18.3. The molecule has 2 heterocycles. The van der Waals surface area contributed by atoms with Crippen LogP contribution in [-0.4, -0.2) is 22.0 Å². The lowest BCUT2D eigenvalue weighted by molar-refractivity contribution is -0.121. The Kier molecular flexibility index (Phi) is 3.75. The van der Waals surface area contributed by atoms with Crippen LogP contribution in [-0.2, 0) is 9.59 Å². The molecule has 0 spiro atoms. The maximum absolute atomic E-state index is 12.5. The number of rotatable bonds is 3. The van der Waals surface area contributed by atoms with Crippen molar-refractivity contribution in [2.75, 3.05) is 4.90 Å². The van der Waals surface area contributed by atoms with Crippen molar-refractivity contribution in [3.05, 3.63) is 54.2 Å². The molecule has 5 heteroatoms. The highest BCUT2D eigenvalue weighted by Gasteiger charge is 2.40. The first-order valence-electron chi connectivity index (χ1n) is 6.66. The van der Waals surface area contributed by atoms with Crippen LogP contribution in [0.2, 0.25) is 0 Å². The molecule has 2 aromatic rings. The predicted molar refractivity (Wildman–Crippen MR) is 82.2 cm³/mol. The van der Waals surface area contributed by atoms with Crippen molar-refractivity contribution in [1.29, 1.82) is 0 Å². The van der Waals surface area contributed by atoms with E-state index < -0.39 is 5.25 Å². The largest absolute Gasteiger partial charge is 0.274 e. The van der Waals surface area contributed by atoms with E-state index >= 15 is 0 Å². The Morgan fingerprint density at radius 3 is 2.57 bits per heavy atom. The van der Waals surface area contributed by atoms with Crippen molar-refractivity contribution in [1.82, 2.24) is 4.98 Å². The van der Waals surface area contributed by atoms with E-state index in [0.29, 0.717) is 5.69 Å². The van der Waals surface area contributed by atoms with Gasteiger partial charge in [0.2, 0.25) is 11.8 Å². The molecule has 3 rings (SSSR count). The second-order valence-corrected chi connectivity index (χ2v) is 6.10. The molecule has 1 aliphatic rings. The van der Waals surface area contributed by atoms with Crippen LogP contribution in [0.4, 0.5) is 5.69 Å². The first-order valence-corrected chi connectivity index (χ1v) is 7.54. The van der Waals surface area contributed by atoms with E-state index in [4.69, 9.17) is 0 Å². The van der Waals surface area contributed by atoms with Crippen molar-refractivity contribution in [2.24, 2.45) is 0 Å². The molecular formula is C16H14N2O2S. The molecule has 1 aromatic heterocycles. The van der Waals surface area contributed by atoms with Crippen LogP contribution < -0.4 is 4.90 Å². The summed E-state index contributed by atoms with van der Waals surface area (Å²) in [6.45, 7) is 1.97. The van der Waals surface area contributed by atoms with Crippen molar-refractivity contribution >= 4 is 29.3 Å². The van der Waals surface area contributed by atoms with E-state index in [-0.39, 0.29) is 18.2 Å². The Balaban J connectivity index is 1.80. The van der Waals surface area contributed by atoms with Crippen LogP contribution in [0.1, 0.15) is 12.0 Å². The first kappa shape index (κ1) is 13.8. The summed E-state index contributed by atoms with van der Waals surface area (Å²) in [5.41, 5.74) is 1.73. The lowest BCUT2D eigenvalue weighted by atomic mass is 10.2. The Hall–Kier alpha value is -2.14. The molecule has 0 aliphatic carbocycles. The Labute approximate surface area is 127 Å². The van der Waals surface area contributed by atoms with Gasteiger partial charge in [0.25, 0.3) is 0 Å². The van der Waals surface area contributed by atoms with Crippen molar-refractivity contribution in [3.63, 3.8) is 0 Å². The fourth-order valence-electron chi connectivity index (χ4n) is 2.22. The molecule has 0 bridgehead atoms. The van der Waals surface area contributed by atoms with E-state index in [1.54, 1.807) is 18.3 Å². The summed E-state index contributed by atoms with van der Waals surface area (Å²) in [6, 6.07) is 12.9. The maximum atomic E-state index is 12.5. The highest BCUT2D eigenvalue weighted by Crippen LogP contribution is 2.32. The van der Waals surface area contributed by atoms with Crippen LogP contribution >= 0.6 is 11.8 Å². The zero-order valence-electron chi connectivity index (χ0n) is 11.5. The molecular weight excluding hydrogens is 284 g/mol. The van der Waals surface area contributed by atoms with Gasteiger partial charge in [-0.25, -0.2) is 9.88 Å². The number of aromatic nitrogens is 1. The molecule has 4 nitrogen and oxygen atoms in total. The molecule has 0 radical (unpaired) electrons. The molecule has 0 N–H and O–H groups in total. The number of thioether (sulfide) groups is 1. The monoisotopic (exact) mass is 298 g/mol. The third-order valence-electron chi connectivity index (χ3n) is 3.30. The fourth-order valence-corrected chi connectivity index (χ4v) is 3.23. The van der Waals surface area contributed by atoms with Crippen LogP contribution in [0.15, 0.2) is 53.7 Å². The summed E-state index contributed by atoms with van der Waals surface area (Å²) in [5, 5.41) is 0.364. The number of hydrogen-bond acceptors (Lipinski definition) is 4. The molecule has 106 valence electrons. The molecule has 1 atom stereocenters. The number of carbonyl (C=O) groups excluding carboxylic acids is 2. The van der Waals surface area contributed by atoms with Gasteiger partial charge in [-0.1, -0.05) is 35.5 Å². The van der Waals surface area contributed by atoms with Gasteiger partial charge in [0.05, 0.1) is 16.0 Å². The molecule has 1 aliphatic heterocycles. The minimum Gasteiger partial charge on any atom is -0.274 e. The molecule has 0 unspecified atom stereocenters. The van der Waals surface area contributed by atoms with E-state index in [1.807, 2.05) is 37.3 Å². The van der Waals surface area contributed by atoms with Gasteiger partial charge in [-0.2, -0.15) is 0 Å². The minimum atomic E-state index is -0.395. The third kappa shape index (κ3) is 2.83. The zero-order chi connectivity index (χ0) is 14.8. The minimum absolute atomic E-state index is 0.155. The molecule has 2 amide bonds. The van der Waals surface area contributed by atoms with Crippen LogP contribution in [0, 0.1) is 6.92 Å². The smallest absolute Gasteiger partial charge is 0.247 e. The highest BCUT2D eigenvalue weighted by molar-refractivity contribution is 8.00. The second kappa shape index (κ2) is 5.69. The van der Waals surface area contributed by atoms with Crippen LogP contribution in [0.3, 0.4) is 0 Å². The van der Waals surface area contributed by atoms with Gasteiger partial charge in [0.1, 0.15) is 0 Å². The van der Waals surface area contributed by atoms with Crippen molar-refractivity contribution < 1.29 is 9.59 Å². The van der Waals surface area contributed by atoms with Crippen LogP contribution in [0.5, 0.6) is 0 Å². The number of imide groups is 1. The third-order valence-corrected chi connectivity index (χ3v) is 4.43. The van der Waals surface area contributed by atoms with Gasteiger partial charge in [0.15, 0.2) is 0 Å². The summed E-state index contributed by atoms with van der Waals surface area (Å²) >= 11 is 1.34. The summed E-state index contributed by atoms with van der Waals surface area (Å²) < 4.78 is 0. The van der Waals surface area contributed by atoms with Gasteiger partial charge in [0, 0.05) is 12.6 Å². The first-order chi connectivity index (χ1) is 10.1. The van der Waals surface area contributed by atoms with E-state index in [1.165, 1.54) is 16.7 Å². The number of pyridine rings is 1. The molecule has 1 aromatic carbocycles. The fraction of sp³-hybridized carbons (Fsp3) is 0.188. The molecule has 0 saturated carbocycles. The average Bonchev–Trinajstić information content (AvgIpc) is 2.76. The van der Waals surface area contributed by atoms with E-state index in [0.717, 1.165) is 10.6 Å². The van der Waals surface area contributed by atoms with Gasteiger partial charge >= 0.3 is 0 Å². The van der Waals surface area contributed by atoms with Crippen molar-refractivity contribution in [3.8, 4) is 0 Å². The number of carbonyl (C=O) groups is 2. The molecule has 1 fully saturated rings. The SMILES string of the molecule is Cc1ccc(N2C(=O)C[C@H](Sc3ccccn3)C2=O)cc1. The summed E-state index contributed by atoms with van der Waals surface area (Å²) in [6.07, 6.45) is 1.90. The average molecular weight is 298 g/mol. The van der Waals surface area contributed by atoms with E-state index in [9.17, 15) is 9.59 Å². The topological polar surface area (TPSA) is 50.3 Å². The summed E-state index contributed by atoms with van der Waals surface area (Å²) in [5.74, 6) is -0.322. The summed E-state index contributed by atoms with van der Waals surface area (Å²) in [7, 11) is 0. The Bertz CT molecular complexity index is 670. The van der Waals surface area contributed by atoms with E-state index in [2.05, 4.69) is 4.98 Å². The van der Waals surface area contributed by atoms with Gasteiger partial charge in [-0.15, -0.1) is 0 Å². The number of benzene rings is 1. The predicted octanol–water partition coefficient (Wildman–Crippen LogP) is 2.81. The lowest BCUT2D eigenvalue weighted by Crippen LogP contribution is -2.31. The molecule has 1 saturated heterocycles. The van der Waals surface area contributed by atoms with Crippen LogP contribution in [0.25, 0.3) is 0 Å². The Morgan fingerprint density at radius 1 is 1.14 bits per heavy atom. The van der Waals surface area contributed by atoms with Gasteiger partial charge in [-0.3, -0.25) is 9.59 Å². The van der Waals surface area contributed by atoms with Gasteiger partial charge in [-0.05, 0) is 31.2 Å². The number of anilines is 1. The molecule has 21 heavy (non-hydrogen) atoms. The number of hydrogen-bond donors (Lipinski definition) is 0. The lowest BCUT2D eigenvalue weighted by Gasteiger charge is -2.15. The highest BCUT2D eigenvalue weighted by atomic mass is 32.2. The van der Waals surface area contributed by atoms with Gasteiger partial charge < -0.3 is 0 Å². The number of amides is 2. The standard InChI is InChI=1S/C16H14N2O2S/c1-11-5-7-12(8-6-11)18-15(19)10-13(16(18)20)21-14-4-2-3-9-17-14/h2-9,13H,10H2,1H3/t13-/m0/s1. The zero-order valence-corrected chi connectivity index (χ0v) is 12.3. The maximum Gasteiger partial charge on any atom is 0.247 e. The Morgan fingerprint density at radius 2 is 1.90 bits per heavy atom.